The summed E-state index contributed by atoms with van der Waals surface area (Å²) in [6.45, 7) is 1.97. The van der Waals surface area contributed by atoms with Crippen molar-refractivity contribution in [3.8, 4) is 0 Å². The minimum Gasteiger partial charge on any atom is -0.354 e. The van der Waals surface area contributed by atoms with E-state index >= 15 is 0 Å². The van der Waals surface area contributed by atoms with E-state index in [0.29, 0.717) is 5.56 Å². The normalized spacial score (nSPS) is 9.38. The molecule has 1 aromatic carbocycles. The second-order valence-electron chi connectivity index (χ2n) is 2.82. The van der Waals surface area contributed by atoms with Gasteiger partial charge in [-0.15, -0.1) is 0 Å². The molecule has 0 fully saturated rings. The molecule has 0 unspecified atom stereocenters. The summed E-state index contributed by atoms with van der Waals surface area (Å²) in [5.74, 6) is -0.358. The van der Waals surface area contributed by atoms with Gasteiger partial charge in [0.15, 0.2) is 0 Å². The zero-order valence-corrected chi connectivity index (χ0v) is 7.72. The number of amides is 1. The summed E-state index contributed by atoms with van der Waals surface area (Å²) in [5.41, 5.74) is 1.76. The van der Waals surface area contributed by atoms with Gasteiger partial charge in [-0.1, -0.05) is 29.8 Å². The van der Waals surface area contributed by atoms with Crippen LogP contribution in [0.1, 0.15) is 11.1 Å². The highest BCUT2D eigenvalue weighted by Gasteiger charge is 2.08. The quantitative estimate of drug-likeness (QED) is 0.651. The van der Waals surface area contributed by atoms with Crippen LogP contribution in [0.3, 0.4) is 0 Å². The number of carbonyl (C=O) groups excluding carboxylic acids is 1. The summed E-state index contributed by atoms with van der Waals surface area (Å²) in [5, 5.41) is 9.91. The molecule has 0 spiro atoms. The third-order valence-electron chi connectivity index (χ3n) is 1.79. The molecule has 3 nitrogen and oxygen atoms in total. The minimum atomic E-state index is -0.358. The number of benzene rings is 1. The van der Waals surface area contributed by atoms with Crippen LogP contribution in [-0.2, 0) is 4.79 Å². The van der Waals surface area contributed by atoms with Gasteiger partial charge >= 0.3 is 0 Å². The number of hydrogen-bond donors (Lipinski definition) is 2. The molecule has 13 heavy (non-hydrogen) atoms. The number of likely N-dealkylation sites (N-methyl/N-ethyl adjacent to an activating group) is 1. The average Bonchev–Trinajstić information content (AvgIpc) is 2.17. The first kappa shape index (κ1) is 9.45. The maximum atomic E-state index is 11.1. The molecule has 0 aliphatic heterocycles. The molecule has 0 aromatic heterocycles. The smallest absolute Gasteiger partial charge is 0.269 e. The van der Waals surface area contributed by atoms with Crippen LogP contribution in [-0.4, -0.2) is 18.7 Å². The lowest BCUT2D eigenvalue weighted by molar-refractivity contribution is -0.114. The zero-order chi connectivity index (χ0) is 9.84. The molecule has 1 aromatic rings. The first-order valence-corrected chi connectivity index (χ1v) is 4.03. The van der Waals surface area contributed by atoms with Crippen molar-refractivity contribution >= 4 is 11.6 Å². The number of nitrogens with one attached hydrogen (secondary N) is 2. The van der Waals surface area contributed by atoms with Crippen LogP contribution < -0.4 is 5.32 Å². The molecule has 0 atom stereocenters. The van der Waals surface area contributed by atoms with Crippen LogP contribution in [0.2, 0.25) is 0 Å². The van der Waals surface area contributed by atoms with Gasteiger partial charge in [0.05, 0.1) is 0 Å². The standard InChI is InChI=1S/C10H12N2O/c1-7-3-5-8(6-4-7)9(11)10(13)12-2/h3-6,11H,1-2H3,(H,12,13). The Kier molecular flexibility index (Phi) is 2.80. The van der Waals surface area contributed by atoms with E-state index in [2.05, 4.69) is 5.32 Å². The van der Waals surface area contributed by atoms with E-state index in [1.54, 1.807) is 12.1 Å². The van der Waals surface area contributed by atoms with E-state index in [-0.39, 0.29) is 11.6 Å². The number of carbonyl (C=O) groups is 1. The molecule has 0 aliphatic carbocycles. The van der Waals surface area contributed by atoms with Crippen molar-refractivity contribution in [1.82, 2.24) is 5.32 Å². The minimum absolute atomic E-state index is 0.00231. The number of rotatable bonds is 2. The summed E-state index contributed by atoms with van der Waals surface area (Å²) in [4.78, 5) is 11.1. The lowest BCUT2D eigenvalue weighted by atomic mass is 10.1. The van der Waals surface area contributed by atoms with Crippen molar-refractivity contribution in [2.75, 3.05) is 7.05 Å². The summed E-state index contributed by atoms with van der Waals surface area (Å²) in [6.07, 6.45) is 0. The zero-order valence-electron chi connectivity index (χ0n) is 7.72. The van der Waals surface area contributed by atoms with Gasteiger partial charge in [-0.05, 0) is 6.92 Å². The second kappa shape index (κ2) is 3.85. The fourth-order valence-electron chi connectivity index (χ4n) is 0.976. The predicted octanol–water partition coefficient (Wildman–Crippen LogP) is 1.11. The monoisotopic (exact) mass is 176 g/mol. The molecule has 2 N–H and O–H groups in total. The Morgan fingerprint density at radius 3 is 2.31 bits per heavy atom. The number of hydrogen-bond acceptors (Lipinski definition) is 2. The fourth-order valence-corrected chi connectivity index (χ4v) is 0.976. The van der Waals surface area contributed by atoms with Gasteiger partial charge in [0.2, 0.25) is 0 Å². The van der Waals surface area contributed by atoms with Gasteiger partial charge in [-0.25, -0.2) is 0 Å². The van der Waals surface area contributed by atoms with E-state index in [9.17, 15) is 4.79 Å². The molecule has 0 saturated heterocycles. The Morgan fingerprint density at radius 1 is 1.31 bits per heavy atom. The van der Waals surface area contributed by atoms with Crippen LogP contribution >= 0.6 is 0 Å². The maximum Gasteiger partial charge on any atom is 0.269 e. The largest absolute Gasteiger partial charge is 0.354 e. The van der Waals surface area contributed by atoms with Crippen molar-refractivity contribution < 1.29 is 4.79 Å². The van der Waals surface area contributed by atoms with Gasteiger partial charge in [0.1, 0.15) is 5.71 Å². The van der Waals surface area contributed by atoms with Crippen LogP contribution in [0.15, 0.2) is 24.3 Å². The average molecular weight is 176 g/mol. The highest BCUT2D eigenvalue weighted by molar-refractivity contribution is 6.44. The summed E-state index contributed by atoms with van der Waals surface area (Å²) < 4.78 is 0. The Hall–Kier alpha value is -1.64. The highest BCUT2D eigenvalue weighted by atomic mass is 16.1. The lowest BCUT2D eigenvalue weighted by Gasteiger charge is -2.02. The van der Waals surface area contributed by atoms with Gasteiger partial charge in [0.25, 0.3) is 5.91 Å². The van der Waals surface area contributed by atoms with Gasteiger partial charge < -0.3 is 5.32 Å². The molecular weight excluding hydrogens is 164 g/mol. The van der Waals surface area contributed by atoms with Crippen LogP contribution in [0.4, 0.5) is 0 Å². The van der Waals surface area contributed by atoms with Crippen LogP contribution in [0, 0.1) is 12.3 Å². The first-order valence-electron chi connectivity index (χ1n) is 4.03. The van der Waals surface area contributed by atoms with E-state index in [1.807, 2.05) is 19.1 Å². The number of aryl methyl sites for hydroxylation is 1. The molecule has 0 saturated carbocycles. The van der Waals surface area contributed by atoms with Crippen molar-refractivity contribution in [1.29, 1.82) is 5.41 Å². The highest BCUT2D eigenvalue weighted by Crippen LogP contribution is 2.03. The van der Waals surface area contributed by atoms with Gasteiger partial charge in [-0.3, -0.25) is 10.2 Å². The predicted molar refractivity (Wildman–Crippen MR) is 52.1 cm³/mol. The molecule has 0 aliphatic rings. The molecule has 68 valence electrons. The van der Waals surface area contributed by atoms with E-state index in [0.717, 1.165) is 5.56 Å². The lowest BCUT2D eigenvalue weighted by Crippen LogP contribution is -2.27. The third-order valence-corrected chi connectivity index (χ3v) is 1.79. The Bertz CT molecular complexity index is 327. The molecule has 3 heteroatoms. The summed E-state index contributed by atoms with van der Waals surface area (Å²) in [6, 6.07) is 7.30. The maximum absolute atomic E-state index is 11.1. The molecule has 1 amide bonds. The molecule has 0 bridgehead atoms. The van der Waals surface area contributed by atoms with Gasteiger partial charge in [-0.2, -0.15) is 0 Å². The van der Waals surface area contributed by atoms with Crippen molar-refractivity contribution in [3.05, 3.63) is 35.4 Å². The van der Waals surface area contributed by atoms with Crippen molar-refractivity contribution in [2.45, 2.75) is 6.92 Å². The Morgan fingerprint density at radius 2 is 1.85 bits per heavy atom. The van der Waals surface area contributed by atoms with Gasteiger partial charge in [0, 0.05) is 12.6 Å². The second-order valence-corrected chi connectivity index (χ2v) is 2.82. The topological polar surface area (TPSA) is 53.0 Å². The Labute approximate surface area is 77.3 Å². The molecule has 0 radical (unpaired) electrons. The SMILES string of the molecule is CNC(=O)C(=N)c1ccc(C)cc1. The van der Waals surface area contributed by atoms with Crippen molar-refractivity contribution in [2.24, 2.45) is 0 Å². The van der Waals surface area contributed by atoms with E-state index < -0.39 is 0 Å². The van der Waals surface area contributed by atoms with Crippen LogP contribution in [0.5, 0.6) is 0 Å². The summed E-state index contributed by atoms with van der Waals surface area (Å²) in [7, 11) is 1.52. The molecule has 1 rings (SSSR count). The van der Waals surface area contributed by atoms with E-state index in [4.69, 9.17) is 5.41 Å². The molecule has 0 heterocycles. The summed E-state index contributed by atoms with van der Waals surface area (Å²) >= 11 is 0. The molecular formula is C10H12N2O. The third kappa shape index (κ3) is 2.15. The van der Waals surface area contributed by atoms with Crippen LogP contribution in [0.25, 0.3) is 0 Å². The fraction of sp³-hybridized carbons (Fsp3) is 0.200. The first-order chi connectivity index (χ1) is 6.15. The van der Waals surface area contributed by atoms with E-state index in [1.165, 1.54) is 7.05 Å². The van der Waals surface area contributed by atoms with Crippen molar-refractivity contribution in [3.63, 3.8) is 0 Å². The Balaban J connectivity index is 2.90.